The van der Waals surface area contributed by atoms with Gasteiger partial charge >= 0.3 is 0 Å². The number of rotatable bonds is 9. The number of hydrogen-bond acceptors (Lipinski definition) is 5. The van der Waals surface area contributed by atoms with Crippen LogP contribution in [0, 0.1) is 13.8 Å². The lowest BCUT2D eigenvalue weighted by Gasteiger charge is -2.10. The highest BCUT2D eigenvalue weighted by Crippen LogP contribution is 2.20. The number of anilines is 1. The highest BCUT2D eigenvalue weighted by molar-refractivity contribution is 7.99. The number of hydrogen-bond donors (Lipinski definition) is 1. The highest BCUT2D eigenvalue weighted by Gasteiger charge is 2.14. The molecule has 1 N–H and O–H groups in total. The number of benzene rings is 2. The van der Waals surface area contributed by atoms with Gasteiger partial charge in [-0.2, -0.15) is 0 Å². The monoisotopic (exact) mass is 408 g/mol. The molecule has 1 heterocycles. The van der Waals surface area contributed by atoms with Crippen molar-refractivity contribution < 1.29 is 9.53 Å². The van der Waals surface area contributed by atoms with Gasteiger partial charge in [0.15, 0.2) is 11.0 Å². The number of aromatic nitrogens is 3. The van der Waals surface area contributed by atoms with Gasteiger partial charge in [-0.15, -0.1) is 16.8 Å². The van der Waals surface area contributed by atoms with E-state index in [4.69, 9.17) is 4.74 Å². The van der Waals surface area contributed by atoms with Crippen LogP contribution in [0.1, 0.15) is 17.0 Å². The smallest absolute Gasteiger partial charge is 0.234 e. The number of nitrogens with one attached hydrogen (secondary N) is 1. The molecule has 29 heavy (non-hydrogen) atoms. The van der Waals surface area contributed by atoms with Crippen LogP contribution in [0.3, 0.4) is 0 Å². The van der Waals surface area contributed by atoms with E-state index < -0.39 is 0 Å². The Morgan fingerprint density at radius 3 is 2.69 bits per heavy atom. The van der Waals surface area contributed by atoms with Gasteiger partial charge < -0.3 is 10.1 Å². The third-order valence-corrected chi connectivity index (χ3v) is 5.31. The number of allylic oxidation sites excluding steroid dienone is 1. The van der Waals surface area contributed by atoms with Crippen LogP contribution >= 0.6 is 11.8 Å². The molecule has 0 aliphatic carbocycles. The zero-order valence-corrected chi connectivity index (χ0v) is 17.4. The van der Waals surface area contributed by atoms with E-state index in [0.29, 0.717) is 24.1 Å². The molecule has 1 amide bonds. The molecule has 0 atom stereocenters. The van der Waals surface area contributed by atoms with Crippen molar-refractivity contribution in [2.24, 2.45) is 0 Å². The van der Waals surface area contributed by atoms with Crippen molar-refractivity contribution in [2.45, 2.75) is 32.2 Å². The Bertz CT molecular complexity index is 986. The summed E-state index contributed by atoms with van der Waals surface area (Å²) in [6.07, 6.45) is 1.77. The van der Waals surface area contributed by atoms with Crippen molar-refractivity contribution in [1.82, 2.24) is 14.8 Å². The standard InChI is InChI=1S/C22H24N4O2S/c1-4-12-26-20(14-28-19-8-6-5-7-9-19)24-25-22(26)29-15-21(27)23-18-11-10-16(2)17(3)13-18/h4-11,13H,1,12,14-15H2,2-3H3,(H,23,27). The summed E-state index contributed by atoms with van der Waals surface area (Å²) in [6, 6.07) is 15.4. The summed E-state index contributed by atoms with van der Waals surface area (Å²) in [7, 11) is 0. The van der Waals surface area contributed by atoms with E-state index >= 15 is 0 Å². The van der Waals surface area contributed by atoms with Crippen LogP contribution in [0.2, 0.25) is 0 Å². The summed E-state index contributed by atoms with van der Waals surface area (Å²) < 4.78 is 7.68. The number of ether oxygens (including phenoxy) is 1. The fourth-order valence-electron chi connectivity index (χ4n) is 2.66. The molecule has 0 fully saturated rings. The third-order valence-electron chi connectivity index (χ3n) is 4.34. The van der Waals surface area contributed by atoms with E-state index in [2.05, 4.69) is 22.1 Å². The van der Waals surface area contributed by atoms with E-state index in [1.54, 1.807) is 6.08 Å². The lowest BCUT2D eigenvalue weighted by Crippen LogP contribution is -2.15. The van der Waals surface area contributed by atoms with E-state index in [-0.39, 0.29) is 11.7 Å². The molecule has 0 radical (unpaired) electrons. The number of aryl methyl sites for hydroxylation is 2. The first kappa shape index (κ1) is 20.7. The maximum atomic E-state index is 12.3. The fraction of sp³-hybridized carbons (Fsp3) is 0.227. The molecule has 0 aliphatic heterocycles. The Kier molecular flexibility index (Phi) is 7.08. The zero-order chi connectivity index (χ0) is 20.6. The Morgan fingerprint density at radius 2 is 1.97 bits per heavy atom. The van der Waals surface area contributed by atoms with Crippen LogP contribution in [0.25, 0.3) is 0 Å². The number of nitrogens with zero attached hydrogens (tertiary/aromatic N) is 3. The van der Waals surface area contributed by atoms with Crippen LogP contribution < -0.4 is 10.1 Å². The van der Waals surface area contributed by atoms with Crippen LogP contribution in [0.15, 0.2) is 66.3 Å². The summed E-state index contributed by atoms with van der Waals surface area (Å²) in [5.74, 6) is 1.60. The molecule has 3 aromatic rings. The molecule has 7 heteroatoms. The fourth-order valence-corrected chi connectivity index (χ4v) is 3.42. The second-order valence-corrected chi connectivity index (χ2v) is 7.48. The normalized spacial score (nSPS) is 10.6. The topological polar surface area (TPSA) is 69.0 Å². The van der Waals surface area contributed by atoms with Gasteiger partial charge in [-0.25, -0.2) is 0 Å². The molecule has 0 saturated heterocycles. The van der Waals surface area contributed by atoms with Crippen molar-refractivity contribution >= 4 is 23.4 Å². The van der Waals surface area contributed by atoms with E-state index in [0.717, 1.165) is 17.0 Å². The lowest BCUT2D eigenvalue weighted by atomic mass is 10.1. The molecular formula is C22H24N4O2S. The minimum Gasteiger partial charge on any atom is -0.486 e. The average Bonchev–Trinajstić information content (AvgIpc) is 3.10. The number of thioether (sulfide) groups is 1. The zero-order valence-electron chi connectivity index (χ0n) is 16.6. The Balaban J connectivity index is 1.60. The van der Waals surface area contributed by atoms with Crippen molar-refractivity contribution in [3.63, 3.8) is 0 Å². The molecule has 0 spiro atoms. The van der Waals surface area contributed by atoms with Gasteiger partial charge in [0.05, 0.1) is 5.75 Å². The van der Waals surface area contributed by atoms with Gasteiger partial charge in [0.1, 0.15) is 12.4 Å². The molecule has 3 rings (SSSR count). The summed E-state index contributed by atoms with van der Waals surface area (Å²) in [6.45, 7) is 8.70. The molecule has 1 aromatic heterocycles. The van der Waals surface area contributed by atoms with Crippen molar-refractivity contribution in [3.05, 3.63) is 78.1 Å². The summed E-state index contributed by atoms with van der Waals surface area (Å²) >= 11 is 1.34. The minimum absolute atomic E-state index is 0.0894. The van der Waals surface area contributed by atoms with Gasteiger partial charge in [0, 0.05) is 12.2 Å². The number of carbonyl (C=O) groups excluding carboxylic acids is 1. The first-order valence-electron chi connectivity index (χ1n) is 9.27. The van der Waals surface area contributed by atoms with Crippen molar-refractivity contribution in [3.8, 4) is 5.75 Å². The molecule has 150 valence electrons. The van der Waals surface area contributed by atoms with Crippen molar-refractivity contribution in [2.75, 3.05) is 11.1 Å². The Labute approximate surface area is 175 Å². The summed E-state index contributed by atoms with van der Waals surface area (Å²) in [5.41, 5.74) is 3.13. The van der Waals surface area contributed by atoms with Crippen molar-refractivity contribution in [1.29, 1.82) is 0 Å². The molecule has 0 bridgehead atoms. The molecule has 2 aromatic carbocycles. The van der Waals surface area contributed by atoms with Crippen LogP contribution in [-0.4, -0.2) is 26.4 Å². The van der Waals surface area contributed by atoms with E-state index in [1.165, 1.54) is 17.3 Å². The molecule has 0 aliphatic rings. The molecule has 0 unspecified atom stereocenters. The summed E-state index contributed by atoms with van der Waals surface area (Å²) in [4.78, 5) is 12.3. The van der Waals surface area contributed by atoms with Gasteiger partial charge in [-0.1, -0.05) is 42.1 Å². The second-order valence-electron chi connectivity index (χ2n) is 6.54. The molecule has 0 saturated carbocycles. The summed E-state index contributed by atoms with van der Waals surface area (Å²) in [5, 5.41) is 12.0. The van der Waals surface area contributed by atoms with E-state index in [9.17, 15) is 4.79 Å². The SMILES string of the molecule is C=CCn1c(COc2ccccc2)nnc1SCC(=O)Nc1ccc(C)c(C)c1. The average molecular weight is 409 g/mol. The van der Waals surface area contributed by atoms with Gasteiger partial charge in [0.2, 0.25) is 5.91 Å². The van der Waals surface area contributed by atoms with Gasteiger partial charge in [-0.05, 0) is 49.2 Å². The second kappa shape index (κ2) is 9.93. The number of para-hydroxylation sites is 1. The molecular weight excluding hydrogens is 384 g/mol. The Hall–Kier alpha value is -3.06. The maximum absolute atomic E-state index is 12.3. The van der Waals surface area contributed by atoms with E-state index in [1.807, 2.05) is 66.9 Å². The molecule has 6 nitrogen and oxygen atoms in total. The predicted molar refractivity (Wildman–Crippen MR) is 116 cm³/mol. The quantitative estimate of drug-likeness (QED) is 0.420. The number of amides is 1. The van der Waals surface area contributed by atoms with Crippen LogP contribution in [0.5, 0.6) is 5.75 Å². The maximum Gasteiger partial charge on any atom is 0.234 e. The predicted octanol–water partition coefficient (Wildman–Crippen LogP) is 4.39. The largest absolute Gasteiger partial charge is 0.486 e. The lowest BCUT2D eigenvalue weighted by molar-refractivity contribution is -0.113. The number of carbonyl (C=O) groups is 1. The van der Waals surface area contributed by atoms with Gasteiger partial charge in [-0.3, -0.25) is 9.36 Å². The van der Waals surface area contributed by atoms with Gasteiger partial charge in [0.25, 0.3) is 0 Å². The Morgan fingerprint density at radius 1 is 1.17 bits per heavy atom. The minimum atomic E-state index is -0.0894. The highest BCUT2D eigenvalue weighted by atomic mass is 32.2. The first-order valence-corrected chi connectivity index (χ1v) is 10.3. The van der Waals surface area contributed by atoms with Crippen LogP contribution in [-0.2, 0) is 17.9 Å². The third kappa shape index (κ3) is 5.71. The first-order chi connectivity index (χ1) is 14.1. The van der Waals surface area contributed by atoms with Crippen LogP contribution in [0.4, 0.5) is 5.69 Å².